The monoisotopic (exact) mass is 454 g/mol. The van der Waals surface area contributed by atoms with E-state index in [9.17, 15) is 9.59 Å². The van der Waals surface area contributed by atoms with Crippen LogP contribution in [-0.2, 0) is 9.47 Å². The highest BCUT2D eigenvalue weighted by Crippen LogP contribution is 2.28. The van der Waals surface area contributed by atoms with Crippen molar-refractivity contribution in [2.24, 2.45) is 5.73 Å². The molecule has 0 aliphatic carbocycles. The maximum Gasteiger partial charge on any atom is 0.279 e. The zero-order chi connectivity index (χ0) is 22.9. The van der Waals surface area contributed by atoms with Gasteiger partial charge in [0.2, 0.25) is 0 Å². The van der Waals surface area contributed by atoms with Crippen LogP contribution >= 0.6 is 11.3 Å². The number of hydrogen-bond donors (Lipinski definition) is 2. The molecule has 0 saturated carbocycles. The summed E-state index contributed by atoms with van der Waals surface area (Å²) >= 11 is 1.48. The Balaban J connectivity index is 0.000000523. The van der Waals surface area contributed by atoms with Crippen molar-refractivity contribution in [3.05, 3.63) is 70.0 Å². The second kappa shape index (κ2) is 11.5. The van der Waals surface area contributed by atoms with Crippen LogP contribution in [0.25, 0.3) is 26.7 Å². The molecule has 0 spiro atoms. The fourth-order valence-corrected chi connectivity index (χ4v) is 4.06. The van der Waals surface area contributed by atoms with Gasteiger partial charge in [-0.2, -0.15) is 9.61 Å². The second-order valence-electron chi connectivity index (χ2n) is 6.78. The van der Waals surface area contributed by atoms with Gasteiger partial charge in [-0.15, -0.1) is 11.3 Å². The van der Waals surface area contributed by atoms with Gasteiger partial charge in [0.15, 0.2) is 0 Å². The number of benzene rings is 1. The van der Waals surface area contributed by atoms with Gasteiger partial charge < -0.3 is 20.5 Å². The van der Waals surface area contributed by atoms with Crippen molar-refractivity contribution in [2.75, 3.05) is 40.5 Å². The third kappa shape index (κ3) is 5.20. The van der Waals surface area contributed by atoms with Gasteiger partial charge in [0.25, 0.3) is 11.5 Å². The number of nitrogens with two attached hydrogens (primary N) is 1. The molecule has 3 aromatic heterocycles. The van der Waals surface area contributed by atoms with Gasteiger partial charge >= 0.3 is 0 Å². The molecular weight excluding hydrogens is 428 g/mol. The van der Waals surface area contributed by atoms with Gasteiger partial charge in [-0.05, 0) is 23.1 Å². The fourth-order valence-electron chi connectivity index (χ4n) is 3.14. The molecule has 4 rings (SSSR count). The van der Waals surface area contributed by atoms with E-state index in [0.717, 1.165) is 15.6 Å². The maximum atomic E-state index is 13.1. The molecule has 0 radical (unpaired) electrons. The number of hydrogen-bond acceptors (Lipinski definition) is 7. The van der Waals surface area contributed by atoms with E-state index in [1.54, 1.807) is 26.5 Å². The summed E-state index contributed by atoms with van der Waals surface area (Å²) in [7, 11) is 3.21. The number of rotatable bonds is 7. The van der Waals surface area contributed by atoms with E-state index in [1.165, 1.54) is 15.9 Å². The van der Waals surface area contributed by atoms with Crippen LogP contribution in [0.4, 0.5) is 0 Å². The van der Waals surface area contributed by atoms with Crippen LogP contribution in [-0.4, -0.2) is 56.0 Å². The van der Waals surface area contributed by atoms with Crippen LogP contribution in [0.5, 0.6) is 0 Å². The second-order valence-corrected chi connectivity index (χ2v) is 7.70. The molecule has 3 heterocycles. The van der Waals surface area contributed by atoms with E-state index >= 15 is 0 Å². The highest BCUT2D eigenvalue weighted by Gasteiger charge is 2.19. The molecule has 0 aliphatic rings. The summed E-state index contributed by atoms with van der Waals surface area (Å²) in [4.78, 5) is 26.0. The molecule has 0 fully saturated rings. The van der Waals surface area contributed by atoms with Gasteiger partial charge in [0.1, 0.15) is 0 Å². The molecule has 0 bridgehead atoms. The largest absolute Gasteiger partial charge is 0.383 e. The highest BCUT2D eigenvalue weighted by atomic mass is 32.1. The molecule has 1 aromatic carbocycles. The van der Waals surface area contributed by atoms with Crippen molar-refractivity contribution in [2.45, 2.75) is 0 Å². The van der Waals surface area contributed by atoms with Gasteiger partial charge in [-0.25, -0.2) is 0 Å². The molecule has 168 valence electrons. The third-order valence-electron chi connectivity index (χ3n) is 4.64. The van der Waals surface area contributed by atoms with Crippen molar-refractivity contribution < 1.29 is 14.3 Å². The Morgan fingerprint density at radius 2 is 1.91 bits per heavy atom. The lowest BCUT2D eigenvalue weighted by Crippen LogP contribution is -2.29. The normalized spacial score (nSPS) is 10.7. The van der Waals surface area contributed by atoms with Crippen LogP contribution < -0.4 is 16.6 Å². The Hall–Kier alpha value is -3.11. The van der Waals surface area contributed by atoms with Crippen LogP contribution in [0.15, 0.2) is 58.8 Å². The first-order valence-electron chi connectivity index (χ1n) is 10.1. The lowest BCUT2D eigenvalue weighted by atomic mass is 10.0. The Labute approximate surface area is 189 Å². The van der Waals surface area contributed by atoms with Crippen molar-refractivity contribution in [1.82, 2.24) is 14.9 Å². The van der Waals surface area contributed by atoms with Crippen molar-refractivity contribution in [1.29, 1.82) is 0 Å². The predicted octanol–water partition coefficient (Wildman–Crippen LogP) is 2.54. The molecule has 9 heteroatoms. The molecule has 0 aliphatic heterocycles. The minimum atomic E-state index is -0.260. The van der Waals surface area contributed by atoms with Crippen LogP contribution in [0.1, 0.15) is 10.4 Å². The van der Waals surface area contributed by atoms with E-state index in [4.69, 9.17) is 10.5 Å². The molecule has 8 nitrogen and oxygen atoms in total. The summed E-state index contributed by atoms with van der Waals surface area (Å²) in [6.45, 7) is 2.08. The maximum absolute atomic E-state index is 13.1. The molecule has 0 atom stereocenters. The van der Waals surface area contributed by atoms with Gasteiger partial charge in [0, 0.05) is 38.3 Å². The molecule has 4 aromatic rings. The van der Waals surface area contributed by atoms with Gasteiger partial charge in [0.05, 0.1) is 35.2 Å². The smallest absolute Gasteiger partial charge is 0.279 e. The Kier molecular flexibility index (Phi) is 8.46. The number of amides is 1. The number of thiophene rings is 1. The topological polar surface area (TPSA) is 108 Å². The predicted molar refractivity (Wildman–Crippen MR) is 127 cm³/mol. The molecule has 0 saturated heterocycles. The summed E-state index contributed by atoms with van der Waals surface area (Å²) in [5.41, 5.74) is 6.90. The van der Waals surface area contributed by atoms with E-state index < -0.39 is 0 Å². The lowest BCUT2D eigenvalue weighted by molar-refractivity contribution is 0.0938. The van der Waals surface area contributed by atoms with Crippen LogP contribution in [0.3, 0.4) is 0 Å². The van der Waals surface area contributed by atoms with E-state index in [1.807, 2.05) is 41.8 Å². The number of carbonyl (C=O) groups is 1. The molecule has 0 unspecified atom stereocenters. The van der Waals surface area contributed by atoms with Crippen molar-refractivity contribution >= 4 is 32.8 Å². The highest BCUT2D eigenvalue weighted by molar-refractivity contribution is 7.18. The van der Waals surface area contributed by atoms with Gasteiger partial charge in [-0.1, -0.05) is 30.3 Å². The number of pyridine rings is 1. The number of ether oxygens (including phenoxy) is 2. The number of nitrogens with zero attached hydrogens (tertiary/aromatic N) is 2. The summed E-state index contributed by atoms with van der Waals surface area (Å²) < 4.78 is 11.8. The molecule has 1 amide bonds. The number of aromatic nitrogens is 2. The summed E-state index contributed by atoms with van der Waals surface area (Å²) in [6, 6.07) is 12.9. The number of methoxy groups -OCH3 is 2. The summed E-state index contributed by atoms with van der Waals surface area (Å²) in [5.74, 6) is -0.260. The van der Waals surface area contributed by atoms with Crippen molar-refractivity contribution in [3.63, 3.8) is 0 Å². The van der Waals surface area contributed by atoms with Crippen molar-refractivity contribution in [3.8, 4) is 11.1 Å². The van der Waals surface area contributed by atoms with E-state index in [0.29, 0.717) is 42.9 Å². The average Bonchev–Trinajstić information content (AvgIpc) is 3.30. The van der Waals surface area contributed by atoms with E-state index in [2.05, 4.69) is 15.2 Å². The standard InChI is InChI=1S/C20H17N3O3S.C3H9NO/c1-26-9-8-21-19(24)16-11-15(13-5-3-2-4-6-13)20(25)23-17(16)18-14(12-22-23)7-10-27-18;1-5-3-2-4/h2-7,10-12H,8-9H2,1H3,(H,21,24);2-4H2,1H3. The van der Waals surface area contributed by atoms with Crippen LogP contribution in [0.2, 0.25) is 0 Å². The minimum Gasteiger partial charge on any atom is -0.383 e. The van der Waals surface area contributed by atoms with Gasteiger partial charge in [-0.3, -0.25) is 9.59 Å². The summed E-state index contributed by atoms with van der Waals surface area (Å²) in [6.07, 6.45) is 1.65. The first-order valence-corrected chi connectivity index (χ1v) is 10.9. The first-order chi connectivity index (χ1) is 15.6. The lowest BCUT2D eigenvalue weighted by Gasteiger charge is -2.12. The fraction of sp³-hybridized carbons (Fsp3) is 0.261. The zero-order valence-corrected chi connectivity index (χ0v) is 18.9. The minimum absolute atomic E-state index is 0.250. The first kappa shape index (κ1) is 23.6. The number of nitrogens with one attached hydrogen (secondary N) is 1. The third-order valence-corrected chi connectivity index (χ3v) is 5.58. The Morgan fingerprint density at radius 1 is 1.16 bits per heavy atom. The summed E-state index contributed by atoms with van der Waals surface area (Å²) in [5, 5.41) is 9.98. The molecule has 32 heavy (non-hydrogen) atoms. The Bertz CT molecular complexity index is 1240. The number of carbonyl (C=O) groups excluding carboxylic acids is 1. The zero-order valence-electron chi connectivity index (χ0n) is 18.0. The quantitative estimate of drug-likeness (QED) is 0.416. The van der Waals surface area contributed by atoms with Crippen LogP contribution in [0, 0.1) is 0 Å². The molecular formula is C23H26N4O4S. The SMILES string of the molecule is COCCN.COCCNC(=O)c1cc(-c2ccccc2)c(=O)n2ncc3ccsc3c12. The Morgan fingerprint density at radius 3 is 2.56 bits per heavy atom. The average molecular weight is 455 g/mol. The van der Waals surface area contributed by atoms with E-state index in [-0.39, 0.29) is 11.5 Å². The molecule has 3 N–H and O–H groups in total. The number of fused-ring (bicyclic) bond motifs is 3.